The van der Waals surface area contributed by atoms with Gasteiger partial charge in [0.1, 0.15) is 6.10 Å². The van der Waals surface area contributed by atoms with E-state index in [0.717, 1.165) is 44.9 Å². The molecule has 2 unspecified atom stereocenters. The van der Waals surface area contributed by atoms with Crippen molar-refractivity contribution in [1.82, 2.24) is 0 Å². The highest BCUT2D eigenvalue weighted by molar-refractivity contribution is 7.47. The number of hydrogen-bond donors (Lipinski definition) is 2. The van der Waals surface area contributed by atoms with Crippen LogP contribution in [0.2, 0.25) is 0 Å². The van der Waals surface area contributed by atoms with Gasteiger partial charge in [0.05, 0.1) is 19.8 Å². The summed E-state index contributed by atoms with van der Waals surface area (Å²) in [5.41, 5.74) is 5.31. The van der Waals surface area contributed by atoms with Crippen LogP contribution in [-0.4, -0.2) is 49.9 Å². The Kier molecular flexibility index (Phi) is 26.3. The van der Waals surface area contributed by atoms with Crippen molar-refractivity contribution in [2.45, 2.75) is 129 Å². The fourth-order valence-electron chi connectivity index (χ4n) is 3.74. The normalized spacial score (nSPS) is 14.2. The summed E-state index contributed by atoms with van der Waals surface area (Å²) in [7, 11) is -4.25. The third kappa shape index (κ3) is 26.6. The van der Waals surface area contributed by atoms with Crippen LogP contribution in [0.4, 0.5) is 0 Å². The molecule has 0 bridgehead atoms. The Balaban J connectivity index is 4.21. The molecule has 0 radical (unpaired) electrons. The summed E-state index contributed by atoms with van der Waals surface area (Å²) < 4.78 is 32.9. The van der Waals surface area contributed by atoms with Crippen LogP contribution in [0, 0.1) is 0 Å². The molecule has 0 aromatic heterocycles. The van der Waals surface area contributed by atoms with E-state index in [-0.39, 0.29) is 32.3 Å². The summed E-state index contributed by atoms with van der Waals surface area (Å²) in [4.78, 5) is 22.1. The Morgan fingerprint density at radius 1 is 0.784 bits per heavy atom. The van der Waals surface area contributed by atoms with Gasteiger partial charge in [0, 0.05) is 19.6 Å². The maximum Gasteiger partial charge on any atom is 0.472 e. The molecular formula is C28H56NO7P. The van der Waals surface area contributed by atoms with Crippen LogP contribution in [-0.2, 0) is 27.9 Å². The van der Waals surface area contributed by atoms with E-state index in [9.17, 15) is 14.3 Å². The second kappa shape index (κ2) is 26.8. The number of allylic oxidation sites excluding steroid dienone is 2. The molecule has 0 aliphatic heterocycles. The molecule has 0 spiro atoms. The molecule has 0 heterocycles. The Morgan fingerprint density at radius 3 is 2.05 bits per heavy atom. The van der Waals surface area contributed by atoms with Crippen molar-refractivity contribution in [1.29, 1.82) is 0 Å². The molecule has 8 nitrogen and oxygen atoms in total. The smallest absolute Gasteiger partial charge is 0.457 e. The average molecular weight is 550 g/mol. The predicted molar refractivity (Wildman–Crippen MR) is 150 cm³/mol. The third-order valence-electron chi connectivity index (χ3n) is 5.93. The highest BCUT2D eigenvalue weighted by atomic mass is 31.2. The van der Waals surface area contributed by atoms with Crippen molar-refractivity contribution in [2.75, 3.05) is 33.0 Å². The molecule has 37 heavy (non-hydrogen) atoms. The lowest BCUT2D eigenvalue weighted by Gasteiger charge is -2.20. The van der Waals surface area contributed by atoms with Crippen molar-refractivity contribution >= 4 is 13.8 Å². The minimum Gasteiger partial charge on any atom is -0.457 e. The first-order chi connectivity index (χ1) is 17.9. The van der Waals surface area contributed by atoms with Gasteiger partial charge < -0.3 is 20.1 Å². The molecule has 9 heteroatoms. The number of carbonyl (C=O) groups excluding carboxylic acids is 1. The number of nitrogens with two attached hydrogens (primary N) is 1. The van der Waals surface area contributed by atoms with Crippen molar-refractivity contribution in [2.24, 2.45) is 5.73 Å². The number of esters is 1. The first-order valence-corrected chi connectivity index (χ1v) is 16.2. The number of carbonyl (C=O) groups is 1. The largest absolute Gasteiger partial charge is 0.472 e. The summed E-state index contributed by atoms with van der Waals surface area (Å²) in [6, 6.07) is 0. The van der Waals surface area contributed by atoms with Crippen LogP contribution >= 0.6 is 7.82 Å². The van der Waals surface area contributed by atoms with Gasteiger partial charge >= 0.3 is 13.8 Å². The van der Waals surface area contributed by atoms with Crippen LogP contribution in [0.15, 0.2) is 12.2 Å². The number of hydrogen-bond acceptors (Lipinski definition) is 7. The second-order valence-electron chi connectivity index (χ2n) is 9.61. The molecule has 0 rings (SSSR count). The molecule has 0 aromatic rings. The zero-order valence-electron chi connectivity index (χ0n) is 23.7. The second-order valence-corrected chi connectivity index (χ2v) is 11.1. The Hall–Kier alpha value is -0.760. The molecule has 0 amide bonds. The number of ether oxygens (including phenoxy) is 2. The zero-order valence-corrected chi connectivity index (χ0v) is 24.6. The fourth-order valence-corrected chi connectivity index (χ4v) is 4.50. The molecule has 3 N–H and O–H groups in total. The maximum atomic E-state index is 12.3. The van der Waals surface area contributed by atoms with Crippen LogP contribution in [0.3, 0.4) is 0 Å². The lowest BCUT2D eigenvalue weighted by Crippen LogP contribution is -2.28. The molecular weight excluding hydrogens is 493 g/mol. The summed E-state index contributed by atoms with van der Waals surface area (Å²) in [5, 5.41) is 0. The van der Waals surface area contributed by atoms with E-state index in [1.165, 1.54) is 57.8 Å². The van der Waals surface area contributed by atoms with Gasteiger partial charge in [-0.15, -0.1) is 0 Å². The molecule has 0 aliphatic carbocycles. The van der Waals surface area contributed by atoms with Crippen LogP contribution in [0.1, 0.15) is 123 Å². The fraction of sp³-hybridized carbons (Fsp3) is 0.893. The topological polar surface area (TPSA) is 117 Å². The quantitative estimate of drug-likeness (QED) is 0.0454. The lowest BCUT2D eigenvalue weighted by molar-refractivity contribution is -0.154. The van der Waals surface area contributed by atoms with Crippen molar-refractivity contribution in [3.05, 3.63) is 12.2 Å². The molecule has 220 valence electrons. The molecule has 2 atom stereocenters. The minimum absolute atomic E-state index is 0.0951. The van der Waals surface area contributed by atoms with Gasteiger partial charge in [-0.25, -0.2) is 4.57 Å². The summed E-state index contributed by atoms with van der Waals surface area (Å²) in [6.07, 6.45) is 22.3. The van der Waals surface area contributed by atoms with Gasteiger partial charge in [0.15, 0.2) is 0 Å². The van der Waals surface area contributed by atoms with E-state index in [2.05, 4.69) is 26.0 Å². The first kappa shape index (κ1) is 36.2. The van der Waals surface area contributed by atoms with Crippen molar-refractivity contribution in [3.63, 3.8) is 0 Å². The van der Waals surface area contributed by atoms with Crippen LogP contribution in [0.25, 0.3) is 0 Å². The number of rotatable bonds is 28. The van der Waals surface area contributed by atoms with Crippen molar-refractivity contribution < 1.29 is 32.8 Å². The highest BCUT2D eigenvalue weighted by Gasteiger charge is 2.25. The monoisotopic (exact) mass is 549 g/mol. The number of unbranched alkanes of at least 4 members (excludes halogenated alkanes) is 13. The molecule has 0 saturated carbocycles. The Labute approximate surface area is 226 Å². The summed E-state index contributed by atoms with van der Waals surface area (Å²) >= 11 is 0. The van der Waals surface area contributed by atoms with E-state index < -0.39 is 13.9 Å². The summed E-state index contributed by atoms with van der Waals surface area (Å²) in [6.45, 7) is 4.81. The van der Waals surface area contributed by atoms with E-state index in [1.54, 1.807) is 0 Å². The predicted octanol–water partition coefficient (Wildman–Crippen LogP) is 7.23. The Morgan fingerprint density at radius 2 is 1.38 bits per heavy atom. The van der Waals surface area contributed by atoms with E-state index in [1.807, 2.05) is 0 Å². The van der Waals surface area contributed by atoms with Gasteiger partial charge in [-0.3, -0.25) is 13.8 Å². The molecule has 0 fully saturated rings. The zero-order chi connectivity index (χ0) is 27.5. The van der Waals surface area contributed by atoms with Crippen LogP contribution in [0.5, 0.6) is 0 Å². The van der Waals surface area contributed by atoms with E-state index in [4.69, 9.17) is 24.3 Å². The number of phosphoric acid groups is 1. The molecule has 0 saturated heterocycles. The highest BCUT2D eigenvalue weighted by Crippen LogP contribution is 2.43. The van der Waals surface area contributed by atoms with Gasteiger partial charge in [-0.2, -0.15) is 0 Å². The standard InChI is InChI=1S/C28H56NO7P/c1-3-5-7-9-11-12-13-14-15-17-19-21-28(30)36-27(26-35-37(31,32)34-24-22-29)25-33-23-20-18-16-10-8-6-4-2/h9,11,27H,3-8,10,12-26,29H2,1-2H3,(H,31,32)/b11-9-. The van der Waals surface area contributed by atoms with Crippen molar-refractivity contribution in [3.8, 4) is 0 Å². The van der Waals surface area contributed by atoms with E-state index >= 15 is 0 Å². The van der Waals surface area contributed by atoms with Crippen LogP contribution < -0.4 is 5.73 Å². The molecule has 0 aliphatic rings. The number of phosphoric ester groups is 1. The molecule has 0 aromatic carbocycles. The van der Waals surface area contributed by atoms with E-state index in [0.29, 0.717) is 13.0 Å². The van der Waals surface area contributed by atoms with Gasteiger partial charge in [-0.05, 0) is 32.1 Å². The lowest BCUT2D eigenvalue weighted by atomic mass is 10.1. The van der Waals surface area contributed by atoms with Gasteiger partial charge in [0.2, 0.25) is 0 Å². The minimum atomic E-state index is -4.25. The van der Waals surface area contributed by atoms with Gasteiger partial charge in [-0.1, -0.05) is 96.6 Å². The Bertz CT molecular complexity index is 589. The maximum absolute atomic E-state index is 12.3. The first-order valence-electron chi connectivity index (χ1n) is 14.7. The third-order valence-corrected chi connectivity index (χ3v) is 6.92. The summed E-state index contributed by atoms with van der Waals surface area (Å²) in [5.74, 6) is -0.345. The SMILES string of the molecule is CCCC/C=C\CCCCCCCC(=O)OC(COCCCCCCCCC)COP(=O)(O)OCCN. The average Bonchev–Trinajstić information content (AvgIpc) is 2.88. The van der Waals surface area contributed by atoms with Gasteiger partial charge in [0.25, 0.3) is 0 Å².